The van der Waals surface area contributed by atoms with E-state index < -0.39 is 0 Å². The summed E-state index contributed by atoms with van der Waals surface area (Å²) in [6, 6.07) is 10.2. The molecule has 1 amide bonds. The van der Waals surface area contributed by atoms with Crippen molar-refractivity contribution in [3.05, 3.63) is 59.4 Å². The molecular weight excluding hydrogens is 350 g/mol. The molecule has 4 atom stereocenters. The Hall–Kier alpha value is -2.40. The van der Waals surface area contributed by atoms with Crippen molar-refractivity contribution in [2.24, 2.45) is 5.92 Å². The molecule has 1 saturated heterocycles. The van der Waals surface area contributed by atoms with E-state index in [9.17, 15) is 9.90 Å². The number of amides is 1. The standard InChI is InChI=1S/C23H27N3O2/c1-26-10-8-23-13-17(25-22(28)16-3-2-9-24-14-16)5-7-19(23)21(26)11-15-4-6-18(27)12-20(15)23/h2-4,6,9,12,14,17,19,21,27H,5,7-8,10-11,13H2,1H3,(H,25,28)/t17-,19-,21+,23-/m0/s1. The van der Waals surface area contributed by atoms with Crippen LogP contribution in [-0.2, 0) is 11.8 Å². The third-order valence-electron chi connectivity index (χ3n) is 7.41. The Balaban J connectivity index is 1.47. The third-order valence-corrected chi connectivity index (χ3v) is 7.41. The molecule has 3 aliphatic rings. The van der Waals surface area contributed by atoms with Crippen LogP contribution in [0.15, 0.2) is 42.7 Å². The lowest BCUT2D eigenvalue weighted by Gasteiger charge is -2.59. The largest absolute Gasteiger partial charge is 0.508 e. The van der Waals surface area contributed by atoms with Gasteiger partial charge in [-0.1, -0.05) is 6.07 Å². The average Bonchev–Trinajstić information content (AvgIpc) is 2.71. The van der Waals surface area contributed by atoms with E-state index in [1.165, 1.54) is 11.1 Å². The van der Waals surface area contributed by atoms with E-state index in [-0.39, 0.29) is 17.4 Å². The van der Waals surface area contributed by atoms with Crippen LogP contribution in [0.4, 0.5) is 0 Å². The number of nitrogens with zero attached hydrogens (tertiary/aromatic N) is 2. The molecule has 0 radical (unpaired) electrons. The quantitative estimate of drug-likeness (QED) is 0.845. The minimum Gasteiger partial charge on any atom is -0.508 e. The second-order valence-electron chi connectivity index (χ2n) is 8.80. The molecule has 2 aliphatic carbocycles. The van der Waals surface area contributed by atoms with Gasteiger partial charge in [0, 0.05) is 29.9 Å². The zero-order valence-electron chi connectivity index (χ0n) is 16.3. The molecule has 2 fully saturated rings. The first-order chi connectivity index (χ1) is 13.6. The van der Waals surface area contributed by atoms with Gasteiger partial charge in [0.25, 0.3) is 5.91 Å². The molecule has 0 spiro atoms. The van der Waals surface area contributed by atoms with E-state index in [4.69, 9.17) is 0 Å². The summed E-state index contributed by atoms with van der Waals surface area (Å²) in [5, 5.41) is 13.5. The van der Waals surface area contributed by atoms with Gasteiger partial charge >= 0.3 is 0 Å². The molecule has 5 heteroatoms. The van der Waals surface area contributed by atoms with E-state index >= 15 is 0 Å². The van der Waals surface area contributed by atoms with Crippen molar-refractivity contribution in [3.63, 3.8) is 0 Å². The van der Waals surface area contributed by atoms with E-state index in [2.05, 4.69) is 28.3 Å². The van der Waals surface area contributed by atoms with Crippen molar-refractivity contribution in [2.75, 3.05) is 13.6 Å². The zero-order valence-corrected chi connectivity index (χ0v) is 16.3. The number of benzene rings is 1. The van der Waals surface area contributed by atoms with Gasteiger partial charge in [0.05, 0.1) is 5.56 Å². The Morgan fingerprint density at radius 2 is 2.21 bits per heavy atom. The van der Waals surface area contributed by atoms with Crippen molar-refractivity contribution in [1.82, 2.24) is 15.2 Å². The lowest BCUT2D eigenvalue weighted by molar-refractivity contribution is -0.00605. The smallest absolute Gasteiger partial charge is 0.253 e. The Bertz CT molecular complexity index is 900. The van der Waals surface area contributed by atoms with Crippen LogP contribution in [0, 0.1) is 5.92 Å². The monoisotopic (exact) mass is 377 g/mol. The lowest BCUT2D eigenvalue weighted by atomic mass is 9.51. The van der Waals surface area contributed by atoms with Crippen molar-refractivity contribution >= 4 is 5.91 Å². The second kappa shape index (κ2) is 6.59. The number of fused-ring (bicyclic) bond motifs is 1. The molecule has 2 aromatic rings. The summed E-state index contributed by atoms with van der Waals surface area (Å²) in [5.74, 6) is 0.905. The Labute approximate surface area is 165 Å². The van der Waals surface area contributed by atoms with Crippen molar-refractivity contribution < 1.29 is 9.90 Å². The van der Waals surface area contributed by atoms with Crippen LogP contribution in [0.3, 0.4) is 0 Å². The van der Waals surface area contributed by atoms with Crippen LogP contribution < -0.4 is 5.32 Å². The predicted octanol–water partition coefficient (Wildman–Crippen LogP) is 2.88. The Kier molecular flexibility index (Phi) is 4.16. The van der Waals surface area contributed by atoms with Crippen molar-refractivity contribution in [2.45, 2.75) is 49.6 Å². The molecular formula is C23H27N3O2. The SMILES string of the molecule is CN1CC[C@]23C[C@@H](NC(=O)c4cccnc4)CC[C@H]2[C@H]1Cc1ccc(O)cc13. The molecule has 0 unspecified atom stereocenters. The second-order valence-corrected chi connectivity index (χ2v) is 8.80. The van der Waals surface area contributed by atoms with Crippen LogP contribution in [0.2, 0.25) is 0 Å². The summed E-state index contributed by atoms with van der Waals surface area (Å²) in [4.78, 5) is 19.3. The number of aromatic hydroxyl groups is 1. The number of rotatable bonds is 2. The fourth-order valence-electron chi connectivity index (χ4n) is 6.11. The summed E-state index contributed by atoms with van der Waals surface area (Å²) in [7, 11) is 2.25. The summed E-state index contributed by atoms with van der Waals surface area (Å²) >= 11 is 0. The number of likely N-dealkylation sites (tertiary alicyclic amines) is 1. The highest BCUT2D eigenvalue weighted by Gasteiger charge is 2.55. The van der Waals surface area contributed by atoms with Crippen LogP contribution in [0.5, 0.6) is 5.75 Å². The molecule has 28 heavy (non-hydrogen) atoms. The van der Waals surface area contributed by atoms with Gasteiger partial charge in [0.15, 0.2) is 0 Å². The van der Waals surface area contributed by atoms with E-state index in [1.54, 1.807) is 18.5 Å². The zero-order chi connectivity index (χ0) is 19.3. The van der Waals surface area contributed by atoms with Gasteiger partial charge in [-0.05, 0) is 87.0 Å². The summed E-state index contributed by atoms with van der Waals surface area (Å²) < 4.78 is 0. The summed E-state index contributed by atoms with van der Waals surface area (Å²) in [6.45, 7) is 1.07. The van der Waals surface area contributed by atoms with Gasteiger partial charge in [-0.15, -0.1) is 0 Å². The van der Waals surface area contributed by atoms with Gasteiger partial charge in [0.1, 0.15) is 5.75 Å². The number of hydrogen-bond donors (Lipinski definition) is 2. The first-order valence-electron chi connectivity index (χ1n) is 10.3. The van der Waals surface area contributed by atoms with E-state index in [1.807, 2.05) is 18.2 Å². The fraction of sp³-hybridized carbons (Fsp3) is 0.478. The first-order valence-corrected chi connectivity index (χ1v) is 10.3. The molecule has 2 heterocycles. The fourth-order valence-corrected chi connectivity index (χ4v) is 6.11. The number of hydrogen-bond acceptors (Lipinski definition) is 4. The van der Waals surface area contributed by atoms with Gasteiger partial charge in [-0.3, -0.25) is 9.78 Å². The van der Waals surface area contributed by atoms with E-state index in [0.29, 0.717) is 23.3 Å². The number of phenolic OH excluding ortho intramolecular Hbond substituents is 1. The minimum absolute atomic E-state index is 0.0376. The Morgan fingerprint density at radius 1 is 1.32 bits per heavy atom. The Morgan fingerprint density at radius 3 is 3.04 bits per heavy atom. The maximum absolute atomic E-state index is 12.7. The highest BCUT2D eigenvalue weighted by atomic mass is 16.3. The first kappa shape index (κ1) is 17.7. The normalized spacial score (nSPS) is 31.5. The maximum Gasteiger partial charge on any atom is 0.253 e. The van der Waals surface area contributed by atoms with Gasteiger partial charge < -0.3 is 15.3 Å². The number of likely N-dealkylation sites (N-methyl/N-ethyl adjacent to an activating group) is 1. The molecule has 5 rings (SSSR count). The van der Waals surface area contributed by atoms with Crippen LogP contribution in [0.1, 0.15) is 47.2 Å². The highest BCUT2D eigenvalue weighted by molar-refractivity contribution is 5.94. The van der Waals surface area contributed by atoms with Crippen LogP contribution in [-0.4, -0.2) is 46.6 Å². The van der Waals surface area contributed by atoms with Crippen molar-refractivity contribution in [1.29, 1.82) is 0 Å². The third kappa shape index (κ3) is 2.72. The molecule has 2 bridgehead atoms. The highest BCUT2D eigenvalue weighted by Crippen LogP contribution is 2.55. The van der Waals surface area contributed by atoms with Crippen LogP contribution in [0.25, 0.3) is 0 Å². The number of carbonyl (C=O) groups excluding carboxylic acids is 1. The van der Waals surface area contributed by atoms with Crippen LogP contribution >= 0.6 is 0 Å². The molecule has 1 aliphatic heterocycles. The molecule has 1 aromatic heterocycles. The van der Waals surface area contributed by atoms with Gasteiger partial charge in [-0.2, -0.15) is 0 Å². The average molecular weight is 377 g/mol. The number of pyridine rings is 1. The maximum atomic E-state index is 12.7. The number of nitrogens with one attached hydrogen (secondary N) is 1. The summed E-state index contributed by atoms with van der Waals surface area (Å²) in [6.07, 6.45) is 8.53. The lowest BCUT2D eigenvalue weighted by Crippen LogP contribution is -2.62. The predicted molar refractivity (Wildman–Crippen MR) is 107 cm³/mol. The van der Waals surface area contributed by atoms with Gasteiger partial charge in [-0.25, -0.2) is 0 Å². The van der Waals surface area contributed by atoms with E-state index in [0.717, 1.165) is 38.6 Å². The molecule has 1 saturated carbocycles. The molecule has 1 aromatic carbocycles. The molecule has 146 valence electrons. The topological polar surface area (TPSA) is 65.5 Å². The summed E-state index contributed by atoms with van der Waals surface area (Å²) in [5.41, 5.74) is 3.35. The van der Waals surface area contributed by atoms with Crippen molar-refractivity contribution in [3.8, 4) is 5.75 Å². The number of carbonyl (C=O) groups is 1. The number of phenols is 1. The number of piperidine rings is 1. The minimum atomic E-state index is -0.0376. The molecule has 2 N–H and O–H groups in total. The van der Waals surface area contributed by atoms with Gasteiger partial charge in [0.2, 0.25) is 0 Å². The molecule has 5 nitrogen and oxygen atoms in total. The number of aromatic nitrogens is 1.